The van der Waals surface area contributed by atoms with Crippen LogP contribution in [-0.2, 0) is 4.79 Å². The number of hydrogen-bond donors (Lipinski definition) is 1. The standard InChI is InChI=1S/C10H13ClN4O/c1-15(6-8(16)14-7-2-3-7)10-9(11)12-4-5-13-10/h4-5,7H,2-3,6H2,1H3,(H,14,16). The maximum absolute atomic E-state index is 11.5. The van der Waals surface area contributed by atoms with Gasteiger partial charge in [-0.05, 0) is 12.8 Å². The van der Waals surface area contributed by atoms with Crippen molar-refractivity contribution in [2.45, 2.75) is 18.9 Å². The van der Waals surface area contributed by atoms with Crippen molar-refractivity contribution < 1.29 is 4.79 Å². The molecule has 1 heterocycles. The zero-order valence-corrected chi connectivity index (χ0v) is 9.74. The van der Waals surface area contributed by atoms with Crippen LogP contribution in [0.4, 0.5) is 5.82 Å². The first-order valence-corrected chi connectivity index (χ1v) is 5.51. The van der Waals surface area contributed by atoms with Gasteiger partial charge in [-0.15, -0.1) is 0 Å². The molecule has 1 aromatic rings. The average molecular weight is 241 g/mol. The Morgan fingerprint density at radius 1 is 1.56 bits per heavy atom. The Balaban J connectivity index is 1.93. The summed E-state index contributed by atoms with van der Waals surface area (Å²) < 4.78 is 0. The van der Waals surface area contributed by atoms with E-state index in [0.717, 1.165) is 12.8 Å². The molecule has 2 rings (SSSR count). The van der Waals surface area contributed by atoms with Crippen molar-refractivity contribution in [1.29, 1.82) is 0 Å². The lowest BCUT2D eigenvalue weighted by molar-refractivity contribution is -0.119. The molecule has 1 aliphatic carbocycles. The van der Waals surface area contributed by atoms with Crippen molar-refractivity contribution >= 4 is 23.3 Å². The molecule has 1 aromatic heterocycles. The van der Waals surface area contributed by atoms with E-state index in [1.54, 1.807) is 18.1 Å². The molecule has 0 saturated heterocycles. The number of amides is 1. The van der Waals surface area contributed by atoms with Gasteiger partial charge in [-0.25, -0.2) is 9.97 Å². The Morgan fingerprint density at radius 3 is 2.88 bits per heavy atom. The van der Waals surface area contributed by atoms with Crippen LogP contribution < -0.4 is 10.2 Å². The number of carbonyl (C=O) groups excluding carboxylic acids is 1. The highest BCUT2D eigenvalue weighted by atomic mass is 35.5. The van der Waals surface area contributed by atoms with Crippen LogP contribution in [0.2, 0.25) is 5.15 Å². The highest BCUT2D eigenvalue weighted by Crippen LogP contribution is 2.20. The van der Waals surface area contributed by atoms with Crippen LogP contribution in [0.3, 0.4) is 0 Å². The van der Waals surface area contributed by atoms with E-state index in [4.69, 9.17) is 11.6 Å². The highest BCUT2D eigenvalue weighted by molar-refractivity contribution is 6.31. The van der Waals surface area contributed by atoms with Crippen molar-refractivity contribution in [3.8, 4) is 0 Å². The summed E-state index contributed by atoms with van der Waals surface area (Å²) in [6.07, 6.45) is 5.24. The number of nitrogens with one attached hydrogen (secondary N) is 1. The zero-order valence-electron chi connectivity index (χ0n) is 8.98. The molecule has 6 heteroatoms. The van der Waals surface area contributed by atoms with Crippen LogP contribution in [0.1, 0.15) is 12.8 Å². The monoisotopic (exact) mass is 240 g/mol. The molecule has 1 N–H and O–H groups in total. The second kappa shape index (κ2) is 4.65. The van der Waals surface area contributed by atoms with Gasteiger partial charge < -0.3 is 10.2 Å². The summed E-state index contributed by atoms with van der Waals surface area (Å²) in [6, 6.07) is 0.373. The summed E-state index contributed by atoms with van der Waals surface area (Å²) in [6.45, 7) is 0.245. The van der Waals surface area contributed by atoms with E-state index in [2.05, 4.69) is 15.3 Å². The van der Waals surface area contributed by atoms with Crippen LogP contribution >= 0.6 is 11.6 Å². The first kappa shape index (κ1) is 11.1. The van der Waals surface area contributed by atoms with E-state index in [-0.39, 0.29) is 12.5 Å². The molecule has 0 aromatic carbocycles. The van der Waals surface area contributed by atoms with Crippen molar-refractivity contribution in [2.75, 3.05) is 18.5 Å². The molecule has 0 aliphatic heterocycles. The van der Waals surface area contributed by atoms with E-state index in [0.29, 0.717) is 17.0 Å². The molecule has 0 atom stereocenters. The normalized spacial score (nSPS) is 14.6. The van der Waals surface area contributed by atoms with Gasteiger partial charge in [-0.1, -0.05) is 11.6 Å². The largest absolute Gasteiger partial charge is 0.352 e. The minimum absolute atomic E-state index is 0.00767. The topological polar surface area (TPSA) is 58.1 Å². The van der Waals surface area contributed by atoms with Crippen LogP contribution in [0, 0.1) is 0 Å². The lowest BCUT2D eigenvalue weighted by atomic mass is 10.4. The van der Waals surface area contributed by atoms with Crippen LogP contribution in [-0.4, -0.2) is 35.5 Å². The summed E-state index contributed by atoms with van der Waals surface area (Å²) in [7, 11) is 1.77. The van der Waals surface area contributed by atoms with Gasteiger partial charge in [0.1, 0.15) is 0 Å². The molecule has 0 radical (unpaired) electrons. The number of anilines is 1. The molecule has 1 fully saturated rings. The van der Waals surface area contributed by atoms with Gasteiger partial charge in [0.25, 0.3) is 0 Å². The third-order valence-corrected chi connectivity index (χ3v) is 2.59. The van der Waals surface area contributed by atoms with E-state index >= 15 is 0 Å². The Labute approximate surface area is 98.8 Å². The predicted octanol–water partition coefficient (Wildman–Crippen LogP) is 0.845. The number of aromatic nitrogens is 2. The molecular formula is C10H13ClN4O. The summed E-state index contributed by atoms with van der Waals surface area (Å²) in [5, 5.41) is 3.21. The lowest BCUT2D eigenvalue weighted by Gasteiger charge is -2.17. The number of rotatable bonds is 4. The third kappa shape index (κ3) is 2.82. The van der Waals surface area contributed by atoms with Crippen molar-refractivity contribution in [3.63, 3.8) is 0 Å². The first-order valence-electron chi connectivity index (χ1n) is 5.14. The zero-order chi connectivity index (χ0) is 11.5. The van der Waals surface area contributed by atoms with Crippen LogP contribution in [0.15, 0.2) is 12.4 Å². The summed E-state index contributed by atoms with van der Waals surface area (Å²) in [5.74, 6) is 0.516. The summed E-state index contributed by atoms with van der Waals surface area (Å²) >= 11 is 5.87. The van der Waals surface area contributed by atoms with Gasteiger partial charge in [0, 0.05) is 25.5 Å². The number of hydrogen-bond acceptors (Lipinski definition) is 4. The molecule has 0 spiro atoms. The van der Waals surface area contributed by atoms with Crippen molar-refractivity contribution in [3.05, 3.63) is 17.5 Å². The number of nitrogens with zero attached hydrogens (tertiary/aromatic N) is 3. The van der Waals surface area contributed by atoms with Crippen molar-refractivity contribution in [1.82, 2.24) is 15.3 Å². The minimum Gasteiger partial charge on any atom is -0.352 e. The predicted molar refractivity (Wildman–Crippen MR) is 61.5 cm³/mol. The third-order valence-electron chi connectivity index (χ3n) is 2.32. The van der Waals surface area contributed by atoms with Gasteiger partial charge in [0.15, 0.2) is 11.0 Å². The van der Waals surface area contributed by atoms with E-state index < -0.39 is 0 Å². The highest BCUT2D eigenvalue weighted by Gasteiger charge is 2.24. The summed E-state index contributed by atoms with van der Waals surface area (Å²) in [4.78, 5) is 21.2. The molecule has 1 saturated carbocycles. The Kier molecular flexibility index (Phi) is 3.24. The van der Waals surface area contributed by atoms with Gasteiger partial charge in [0.05, 0.1) is 6.54 Å². The van der Waals surface area contributed by atoms with E-state index in [9.17, 15) is 4.79 Å². The Bertz CT molecular complexity index is 394. The number of halogens is 1. The number of carbonyl (C=O) groups is 1. The van der Waals surface area contributed by atoms with Crippen molar-refractivity contribution in [2.24, 2.45) is 0 Å². The number of likely N-dealkylation sites (N-methyl/N-ethyl adjacent to an activating group) is 1. The van der Waals surface area contributed by atoms with Crippen LogP contribution in [0.5, 0.6) is 0 Å². The molecule has 16 heavy (non-hydrogen) atoms. The smallest absolute Gasteiger partial charge is 0.239 e. The molecule has 1 amide bonds. The van der Waals surface area contributed by atoms with Gasteiger partial charge in [0.2, 0.25) is 5.91 Å². The molecule has 0 unspecified atom stereocenters. The lowest BCUT2D eigenvalue weighted by Crippen LogP contribution is -2.36. The van der Waals surface area contributed by atoms with Gasteiger partial charge >= 0.3 is 0 Å². The Morgan fingerprint density at radius 2 is 2.25 bits per heavy atom. The summed E-state index contributed by atoms with van der Waals surface area (Å²) in [5.41, 5.74) is 0. The molecule has 86 valence electrons. The maximum atomic E-state index is 11.5. The quantitative estimate of drug-likeness (QED) is 0.848. The SMILES string of the molecule is CN(CC(=O)NC1CC1)c1nccnc1Cl. The Hall–Kier alpha value is -1.36. The molecule has 5 nitrogen and oxygen atoms in total. The molecule has 1 aliphatic rings. The van der Waals surface area contributed by atoms with Crippen LogP contribution in [0.25, 0.3) is 0 Å². The second-order valence-corrected chi connectivity index (χ2v) is 4.23. The average Bonchev–Trinajstić information content (AvgIpc) is 3.01. The maximum Gasteiger partial charge on any atom is 0.239 e. The molecule has 0 bridgehead atoms. The fourth-order valence-electron chi connectivity index (χ4n) is 1.36. The van der Waals surface area contributed by atoms with Gasteiger partial charge in [-0.2, -0.15) is 0 Å². The van der Waals surface area contributed by atoms with E-state index in [1.165, 1.54) is 6.20 Å². The van der Waals surface area contributed by atoms with E-state index in [1.807, 2.05) is 0 Å². The van der Waals surface area contributed by atoms with Gasteiger partial charge in [-0.3, -0.25) is 4.79 Å². The minimum atomic E-state index is -0.00767. The fraction of sp³-hybridized carbons (Fsp3) is 0.500. The fourth-order valence-corrected chi connectivity index (χ4v) is 1.61. The molecular weight excluding hydrogens is 228 g/mol. The first-order chi connectivity index (χ1) is 7.66. The second-order valence-electron chi connectivity index (χ2n) is 3.87.